The number of aliphatic hydroxyl groups is 1. The van der Waals surface area contributed by atoms with E-state index in [2.05, 4.69) is 0 Å². The minimum absolute atomic E-state index is 0.00252. The summed E-state index contributed by atoms with van der Waals surface area (Å²) < 4.78 is 5.17. The van der Waals surface area contributed by atoms with Crippen LogP contribution in [-0.4, -0.2) is 24.6 Å². The highest BCUT2D eigenvalue weighted by atomic mass is 16.5. The molecule has 0 amide bonds. The summed E-state index contributed by atoms with van der Waals surface area (Å²) in [5, 5.41) is 11.2. The molecule has 1 unspecified atom stereocenters. The molecule has 0 saturated heterocycles. The fourth-order valence-corrected chi connectivity index (χ4v) is 2.14. The van der Waals surface area contributed by atoms with Crippen molar-refractivity contribution in [2.75, 3.05) is 13.7 Å². The molecule has 2 rings (SSSR count). The molecule has 0 saturated carbocycles. The second-order valence-electron chi connectivity index (χ2n) is 4.58. The number of hydrogen-bond acceptors (Lipinski definition) is 3. The summed E-state index contributed by atoms with van der Waals surface area (Å²) in [6, 6.07) is 11.3. The van der Waals surface area contributed by atoms with Crippen LogP contribution in [0.4, 0.5) is 0 Å². The van der Waals surface area contributed by atoms with Crippen molar-refractivity contribution < 1.29 is 14.6 Å². The lowest BCUT2D eigenvalue weighted by Gasteiger charge is -2.11. The third-order valence-corrected chi connectivity index (χ3v) is 3.42. The minimum Gasteiger partial charge on any atom is -0.497 e. The quantitative estimate of drug-likeness (QED) is 0.838. The highest BCUT2D eigenvalue weighted by molar-refractivity contribution is 6.01. The van der Waals surface area contributed by atoms with Crippen molar-refractivity contribution in [2.24, 2.45) is 5.92 Å². The van der Waals surface area contributed by atoms with Gasteiger partial charge in [-0.3, -0.25) is 4.79 Å². The van der Waals surface area contributed by atoms with Crippen LogP contribution in [0.25, 0.3) is 10.8 Å². The highest BCUT2D eigenvalue weighted by Gasteiger charge is 2.17. The van der Waals surface area contributed by atoms with Gasteiger partial charge in [0.2, 0.25) is 0 Å². The number of carbonyl (C=O) groups is 1. The lowest BCUT2D eigenvalue weighted by atomic mass is 9.94. The molecule has 2 aromatic rings. The van der Waals surface area contributed by atoms with Crippen molar-refractivity contribution in [2.45, 2.75) is 13.3 Å². The lowest BCUT2D eigenvalue weighted by Crippen LogP contribution is -2.17. The Balaban J connectivity index is 2.39. The Morgan fingerprint density at radius 2 is 1.89 bits per heavy atom. The second kappa shape index (κ2) is 5.85. The van der Waals surface area contributed by atoms with Gasteiger partial charge < -0.3 is 9.84 Å². The van der Waals surface area contributed by atoms with E-state index in [-0.39, 0.29) is 18.3 Å². The van der Waals surface area contributed by atoms with Crippen LogP contribution in [0.15, 0.2) is 36.4 Å². The number of rotatable bonds is 5. The SMILES string of the molecule is CCC(CO)C(=O)c1ccc2cc(OC)ccc2c1. The highest BCUT2D eigenvalue weighted by Crippen LogP contribution is 2.23. The second-order valence-corrected chi connectivity index (χ2v) is 4.58. The van der Waals surface area contributed by atoms with Gasteiger partial charge in [-0.25, -0.2) is 0 Å². The van der Waals surface area contributed by atoms with E-state index in [9.17, 15) is 9.90 Å². The van der Waals surface area contributed by atoms with Crippen molar-refractivity contribution in [1.29, 1.82) is 0 Å². The Morgan fingerprint density at radius 3 is 2.53 bits per heavy atom. The first-order valence-electron chi connectivity index (χ1n) is 6.42. The first kappa shape index (κ1) is 13.6. The molecular weight excluding hydrogens is 240 g/mol. The molecule has 0 aliphatic heterocycles. The Morgan fingerprint density at radius 1 is 1.21 bits per heavy atom. The maximum atomic E-state index is 12.2. The van der Waals surface area contributed by atoms with Crippen molar-refractivity contribution in [3.63, 3.8) is 0 Å². The normalized spacial score (nSPS) is 12.4. The molecule has 1 atom stereocenters. The van der Waals surface area contributed by atoms with Gasteiger partial charge in [0.1, 0.15) is 5.75 Å². The number of Topliss-reactive ketones (excluding diaryl/α,β-unsaturated/α-hetero) is 1. The number of hydrogen-bond donors (Lipinski definition) is 1. The van der Waals surface area contributed by atoms with E-state index in [4.69, 9.17) is 4.74 Å². The zero-order valence-corrected chi connectivity index (χ0v) is 11.2. The van der Waals surface area contributed by atoms with E-state index < -0.39 is 0 Å². The minimum atomic E-state index is -0.310. The third-order valence-electron chi connectivity index (χ3n) is 3.42. The fourth-order valence-electron chi connectivity index (χ4n) is 2.14. The topological polar surface area (TPSA) is 46.5 Å². The summed E-state index contributed by atoms with van der Waals surface area (Å²) in [7, 11) is 1.63. The molecule has 0 radical (unpaired) electrons. The van der Waals surface area contributed by atoms with Crippen LogP contribution in [-0.2, 0) is 0 Å². The van der Waals surface area contributed by atoms with Crippen LogP contribution >= 0.6 is 0 Å². The molecule has 3 heteroatoms. The van der Waals surface area contributed by atoms with E-state index in [1.54, 1.807) is 7.11 Å². The van der Waals surface area contributed by atoms with Crippen LogP contribution in [0.2, 0.25) is 0 Å². The van der Waals surface area contributed by atoms with Gasteiger partial charge in [-0.1, -0.05) is 25.1 Å². The Bertz CT molecular complexity index is 586. The molecule has 2 aromatic carbocycles. The average molecular weight is 258 g/mol. The van der Waals surface area contributed by atoms with Crippen molar-refractivity contribution in [3.8, 4) is 5.75 Å². The van der Waals surface area contributed by atoms with Gasteiger partial charge in [0.25, 0.3) is 0 Å². The standard InChI is InChI=1S/C16H18O3/c1-3-11(10-17)16(18)14-5-4-13-9-15(19-2)7-6-12(13)8-14/h4-9,11,17H,3,10H2,1-2H3. The van der Waals surface area contributed by atoms with Crippen LogP contribution < -0.4 is 4.74 Å². The molecule has 0 bridgehead atoms. The van der Waals surface area contributed by atoms with Gasteiger partial charge in [-0.15, -0.1) is 0 Å². The maximum Gasteiger partial charge on any atom is 0.168 e. The molecule has 19 heavy (non-hydrogen) atoms. The van der Waals surface area contributed by atoms with Gasteiger partial charge in [0.15, 0.2) is 5.78 Å². The zero-order chi connectivity index (χ0) is 13.8. The number of carbonyl (C=O) groups excluding carboxylic acids is 1. The summed E-state index contributed by atoms with van der Waals surface area (Å²) in [6.07, 6.45) is 0.649. The molecule has 0 spiro atoms. The Hall–Kier alpha value is -1.87. The fraction of sp³-hybridized carbons (Fsp3) is 0.312. The number of fused-ring (bicyclic) bond motifs is 1. The number of methoxy groups -OCH3 is 1. The summed E-state index contributed by atoms with van der Waals surface area (Å²) in [5.41, 5.74) is 0.651. The molecule has 100 valence electrons. The number of benzene rings is 2. The van der Waals surface area contributed by atoms with Crippen LogP contribution in [0.1, 0.15) is 23.7 Å². The van der Waals surface area contributed by atoms with Gasteiger partial charge in [-0.2, -0.15) is 0 Å². The monoisotopic (exact) mass is 258 g/mol. The van der Waals surface area contributed by atoms with Crippen molar-refractivity contribution in [3.05, 3.63) is 42.0 Å². The van der Waals surface area contributed by atoms with Gasteiger partial charge >= 0.3 is 0 Å². The van der Waals surface area contributed by atoms with E-state index in [1.807, 2.05) is 43.3 Å². The van der Waals surface area contributed by atoms with Crippen molar-refractivity contribution >= 4 is 16.6 Å². The largest absolute Gasteiger partial charge is 0.497 e. The molecule has 0 aliphatic carbocycles. The summed E-state index contributed by atoms with van der Waals surface area (Å²) in [5.74, 6) is 0.492. The maximum absolute atomic E-state index is 12.2. The number of ether oxygens (including phenoxy) is 1. The molecule has 0 fully saturated rings. The smallest absolute Gasteiger partial charge is 0.168 e. The lowest BCUT2D eigenvalue weighted by molar-refractivity contribution is 0.0856. The van der Waals surface area contributed by atoms with Crippen LogP contribution in [0, 0.1) is 5.92 Å². The summed E-state index contributed by atoms with van der Waals surface area (Å²) in [6.45, 7) is 1.81. The Labute approximate surface area is 112 Å². The van der Waals surface area contributed by atoms with E-state index in [0.717, 1.165) is 16.5 Å². The van der Waals surface area contributed by atoms with Crippen LogP contribution in [0.3, 0.4) is 0 Å². The van der Waals surface area contributed by atoms with E-state index in [0.29, 0.717) is 12.0 Å². The molecule has 0 aromatic heterocycles. The molecule has 0 aliphatic rings. The number of ketones is 1. The first-order valence-corrected chi connectivity index (χ1v) is 6.42. The molecule has 0 heterocycles. The van der Waals surface area contributed by atoms with E-state index >= 15 is 0 Å². The predicted molar refractivity (Wildman–Crippen MR) is 75.7 cm³/mol. The summed E-state index contributed by atoms with van der Waals surface area (Å²) in [4.78, 5) is 12.2. The molecule has 3 nitrogen and oxygen atoms in total. The average Bonchev–Trinajstić information content (AvgIpc) is 2.47. The molecular formula is C16H18O3. The third kappa shape index (κ3) is 2.76. The van der Waals surface area contributed by atoms with Crippen LogP contribution in [0.5, 0.6) is 5.75 Å². The Kier molecular flexibility index (Phi) is 4.17. The van der Waals surface area contributed by atoms with Gasteiger partial charge in [0, 0.05) is 11.5 Å². The van der Waals surface area contributed by atoms with E-state index in [1.165, 1.54) is 0 Å². The first-order chi connectivity index (χ1) is 9.19. The van der Waals surface area contributed by atoms with Gasteiger partial charge in [0.05, 0.1) is 13.7 Å². The van der Waals surface area contributed by atoms with Crippen molar-refractivity contribution in [1.82, 2.24) is 0 Å². The molecule has 1 N–H and O–H groups in total. The van der Waals surface area contributed by atoms with Gasteiger partial charge in [-0.05, 0) is 35.4 Å². The zero-order valence-electron chi connectivity index (χ0n) is 11.2. The number of aliphatic hydroxyl groups excluding tert-OH is 1. The summed E-state index contributed by atoms with van der Waals surface area (Å²) >= 11 is 0. The predicted octanol–water partition coefficient (Wildman–Crippen LogP) is 3.05.